The number of benzene rings is 1. The zero-order chi connectivity index (χ0) is 24.3. The number of hydrogen-bond donors (Lipinski definition) is 3. The molecule has 1 saturated heterocycles. The van der Waals surface area contributed by atoms with Gasteiger partial charge in [0.2, 0.25) is 0 Å². The maximum atomic E-state index is 13.8. The molecule has 5 N–H and O–H groups in total. The molecule has 0 amide bonds. The molecule has 4 aromatic rings. The summed E-state index contributed by atoms with van der Waals surface area (Å²) in [6.45, 7) is 1.14. The first-order valence-corrected chi connectivity index (χ1v) is 11.8. The van der Waals surface area contributed by atoms with Gasteiger partial charge in [-0.1, -0.05) is 17.7 Å². The number of pyridine rings is 1. The summed E-state index contributed by atoms with van der Waals surface area (Å²) in [5.41, 5.74) is 16.5. The number of aromatic nitrogens is 5. The Morgan fingerprint density at radius 3 is 2.77 bits per heavy atom. The molecule has 1 aliphatic carbocycles. The van der Waals surface area contributed by atoms with Crippen LogP contribution in [0.3, 0.4) is 0 Å². The number of piperidine rings is 1. The van der Waals surface area contributed by atoms with Crippen molar-refractivity contribution in [3.05, 3.63) is 64.3 Å². The highest BCUT2D eigenvalue weighted by Crippen LogP contribution is 2.51. The van der Waals surface area contributed by atoms with Gasteiger partial charge in [0, 0.05) is 25.3 Å². The second-order valence-corrected chi connectivity index (χ2v) is 9.67. The Labute approximate surface area is 205 Å². The fraction of sp³-hybridized carbons (Fsp3) is 0.333. The summed E-state index contributed by atoms with van der Waals surface area (Å²) >= 11 is 6.34. The van der Waals surface area contributed by atoms with E-state index in [4.69, 9.17) is 28.1 Å². The fourth-order valence-electron chi connectivity index (χ4n) is 5.52. The first-order chi connectivity index (χ1) is 16.9. The minimum atomic E-state index is -0.276. The van der Waals surface area contributed by atoms with Crippen molar-refractivity contribution >= 4 is 34.4 Å². The Morgan fingerprint density at radius 2 is 2.00 bits per heavy atom. The molecule has 1 aromatic carbocycles. The minimum absolute atomic E-state index is 0.105. The number of aliphatic hydroxyl groups is 1. The van der Waals surface area contributed by atoms with Crippen molar-refractivity contribution in [2.75, 3.05) is 23.7 Å². The first-order valence-electron chi connectivity index (χ1n) is 11.4. The van der Waals surface area contributed by atoms with Gasteiger partial charge in [-0.15, -0.1) is 0 Å². The number of hydrogen-bond acceptors (Lipinski definition) is 8. The molecule has 0 unspecified atom stereocenters. The molecule has 4 heterocycles. The van der Waals surface area contributed by atoms with Crippen molar-refractivity contribution in [2.45, 2.75) is 31.9 Å². The highest BCUT2D eigenvalue weighted by atomic mass is 35.5. The van der Waals surface area contributed by atoms with Crippen LogP contribution in [0.1, 0.15) is 35.7 Å². The smallest absolute Gasteiger partial charge is 0.182 e. The summed E-state index contributed by atoms with van der Waals surface area (Å²) in [6.07, 6.45) is 5.60. The molecule has 0 radical (unpaired) electrons. The van der Waals surface area contributed by atoms with Gasteiger partial charge in [-0.3, -0.25) is 0 Å². The van der Waals surface area contributed by atoms with Crippen LogP contribution in [0.15, 0.2) is 36.7 Å². The van der Waals surface area contributed by atoms with Gasteiger partial charge in [-0.25, -0.2) is 24.0 Å². The molecule has 180 valence electrons. The van der Waals surface area contributed by atoms with E-state index in [0.29, 0.717) is 41.5 Å². The van der Waals surface area contributed by atoms with Crippen molar-refractivity contribution in [1.29, 1.82) is 0 Å². The Bertz CT molecular complexity index is 1450. The molecule has 1 atom stereocenters. The summed E-state index contributed by atoms with van der Waals surface area (Å²) in [7, 11) is 0. The predicted octanol–water partition coefficient (Wildman–Crippen LogP) is 2.92. The number of fused-ring (bicyclic) bond motifs is 2. The van der Waals surface area contributed by atoms with Gasteiger partial charge in [-0.05, 0) is 54.0 Å². The lowest BCUT2D eigenvalue weighted by molar-refractivity contribution is 0.187. The SMILES string of the molecule is Nc1nccc(-n2ncc3nc(N4CCC5(CC4)Cc4cc(F)ccc4[C@H]5N)c(CO)nc32)c1Cl. The lowest BCUT2D eigenvalue weighted by Crippen LogP contribution is -2.45. The average Bonchev–Trinajstić information content (AvgIpc) is 3.38. The lowest BCUT2D eigenvalue weighted by atomic mass is 9.73. The van der Waals surface area contributed by atoms with E-state index in [0.717, 1.165) is 30.4 Å². The molecule has 3 aromatic heterocycles. The molecular formula is C24H24ClFN8O. The van der Waals surface area contributed by atoms with Gasteiger partial charge in [-0.2, -0.15) is 5.10 Å². The van der Waals surface area contributed by atoms with E-state index < -0.39 is 0 Å². The number of nitrogens with zero attached hydrogens (tertiary/aromatic N) is 6. The molecule has 0 saturated carbocycles. The number of halogens is 2. The number of nitrogens with two attached hydrogens (primary N) is 2. The minimum Gasteiger partial charge on any atom is -0.390 e. The molecule has 1 spiro atoms. The maximum absolute atomic E-state index is 13.8. The van der Waals surface area contributed by atoms with E-state index in [1.165, 1.54) is 6.07 Å². The van der Waals surface area contributed by atoms with Gasteiger partial charge >= 0.3 is 0 Å². The summed E-state index contributed by atoms with van der Waals surface area (Å²) in [4.78, 5) is 15.6. The molecular weight excluding hydrogens is 471 g/mol. The second-order valence-electron chi connectivity index (χ2n) is 9.29. The lowest BCUT2D eigenvalue weighted by Gasteiger charge is -2.42. The topological polar surface area (TPSA) is 132 Å². The molecule has 11 heteroatoms. The van der Waals surface area contributed by atoms with Crippen molar-refractivity contribution < 1.29 is 9.50 Å². The summed E-state index contributed by atoms with van der Waals surface area (Å²) in [5.74, 6) is 0.597. The predicted molar refractivity (Wildman–Crippen MR) is 131 cm³/mol. The van der Waals surface area contributed by atoms with Crippen LogP contribution in [0.2, 0.25) is 5.02 Å². The van der Waals surface area contributed by atoms with Crippen LogP contribution in [-0.4, -0.2) is 42.9 Å². The van der Waals surface area contributed by atoms with Gasteiger partial charge in [0.25, 0.3) is 0 Å². The van der Waals surface area contributed by atoms with Crippen LogP contribution in [0.4, 0.5) is 16.0 Å². The molecule has 35 heavy (non-hydrogen) atoms. The van der Waals surface area contributed by atoms with Crippen LogP contribution in [0, 0.1) is 11.2 Å². The third-order valence-electron chi connectivity index (χ3n) is 7.43. The Morgan fingerprint density at radius 1 is 1.20 bits per heavy atom. The van der Waals surface area contributed by atoms with Crippen LogP contribution >= 0.6 is 11.6 Å². The van der Waals surface area contributed by atoms with Gasteiger partial charge < -0.3 is 21.5 Å². The zero-order valence-corrected chi connectivity index (χ0v) is 19.6. The quantitative estimate of drug-likeness (QED) is 0.396. The number of aliphatic hydroxyl groups excluding tert-OH is 1. The Balaban J connectivity index is 1.30. The van der Waals surface area contributed by atoms with Crippen molar-refractivity contribution in [3.63, 3.8) is 0 Å². The largest absolute Gasteiger partial charge is 0.390 e. The van der Waals surface area contributed by atoms with Crippen molar-refractivity contribution in [1.82, 2.24) is 24.7 Å². The van der Waals surface area contributed by atoms with E-state index >= 15 is 0 Å². The Kier molecular flexibility index (Phi) is 5.13. The van der Waals surface area contributed by atoms with Crippen molar-refractivity contribution in [3.8, 4) is 5.69 Å². The molecule has 0 bridgehead atoms. The summed E-state index contributed by atoms with van der Waals surface area (Å²) in [5, 5.41) is 14.8. The third-order valence-corrected chi connectivity index (χ3v) is 7.81. The zero-order valence-electron chi connectivity index (χ0n) is 18.8. The standard InChI is InChI=1S/C24H24ClFN8O/c25-19-18(3-6-29-21(19)28)34-23-16(11-30-34)31-22(17(12-35)32-23)33-7-4-24(5-8-33)10-13-9-14(26)1-2-15(13)20(24)27/h1-3,6,9,11,20,35H,4-5,7-8,10,12,27H2,(H2,28,29)/t20-/m1/s1. The third kappa shape index (κ3) is 3.43. The second kappa shape index (κ2) is 8.11. The van der Waals surface area contributed by atoms with E-state index in [-0.39, 0.29) is 34.7 Å². The van der Waals surface area contributed by atoms with E-state index in [9.17, 15) is 9.50 Å². The summed E-state index contributed by atoms with van der Waals surface area (Å²) < 4.78 is 15.3. The molecule has 1 aliphatic heterocycles. The van der Waals surface area contributed by atoms with Gasteiger partial charge in [0.05, 0.1) is 18.5 Å². The summed E-state index contributed by atoms with van der Waals surface area (Å²) in [6, 6.07) is 6.48. The van der Waals surface area contributed by atoms with Crippen LogP contribution in [-0.2, 0) is 13.0 Å². The number of anilines is 2. The monoisotopic (exact) mass is 494 g/mol. The highest BCUT2D eigenvalue weighted by Gasteiger charge is 2.46. The molecule has 9 nitrogen and oxygen atoms in total. The fourth-order valence-corrected chi connectivity index (χ4v) is 5.72. The van der Waals surface area contributed by atoms with Crippen LogP contribution in [0.5, 0.6) is 0 Å². The van der Waals surface area contributed by atoms with E-state index in [1.807, 2.05) is 6.07 Å². The molecule has 2 aliphatic rings. The van der Waals surface area contributed by atoms with Crippen LogP contribution in [0.25, 0.3) is 16.9 Å². The average molecular weight is 495 g/mol. The Hall–Kier alpha value is -3.34. The molecule has 1 fully saturated rings. The first kappa shape index (κ1) is 22.1. The van der Waals surface area contributed by atoms with Crippen molar-refractivity contribution in [2.24, 2.45) is 11.1 Å². The van der Waals surface area contributed by atoms with Gasteiger partial charge in [0.15, 0.2) is 11.5 Å². The number of nitrogen functional groups attached to an aromatic ring is 1. The van der Waals surface area contributed by atoms with Gasteiger partial charge in [0.1, 0.15) is 27.9 Å². The number of rotatable bonds is 3. The highest BCUT2D eigenvalue weighted by molar-refractivity contribution is 6.34. The normalized spacial score (nSPS) is 19.0. The maximum Gasteiger partial charge on any atom is 0.182 e. The van der Waals surface area contributed by atoms with Crippen LogP contribution < -0.4 is 16.4 Å². The van der Waals surface area contributed by atoms with E-state index in [1.54, 1.807) is 29.2 Å². The van der Waals surface area contributed by atoms with E-state index in [2.05, 4.69) is 20.0 Å². The molecule has 6 rings (SSSR count).